The average molecular weight is 407 g/mol. The highest BCUT2D eigenvalue weighted by Gasteiger charge is 2.22. The lowest BCUT2D eigenvalue weighted by Gasteiger charge is -2.14. The van der Waals surface area contributed by atoms with E-state index in [2.05, 4.69) is 34.1 Å². The van der Waals surface area contributed by atoms with Gasteiger partial charge in [-0.1, -0.05) is 43.8 Å². The third-order valence-corrected chi connectivity index (χ3v) is 4.98. The molecule has 0 fully saturated rings. The van der Waals surface area contributed by atoms with E-state index in [4.69, 9.17) is 4.74 Å². The molecule has 0 aliphatic rings. The Morgan fingerprint density at radius 3 is 2.54 bits per heavy atom. The average Bonchev–Trinajstić information content (AvgIpc) is 3.06. The summed E-state index contributed by atoms with van der Waals surface area (Å²) in [6.45, 7) is 6.97. The summed E-state index contributed by atoms with van der Waals surface area (Å²) < 4.78 is 12.2. The second-order valence-corrected chi connectivity index (χ2v) is 7.88. The molecule has 152 valence electrons. The van der Waals surface area contributed by atoms with Crippen molar-refractivity contribution in [3.05, 3.63) is 36.2 Å². The van der Waals surface area contributed by atoms with Gasteiger partial charge in [0.25, 0.3) is 0 Å². The zero-order valence-electron chi connectivity index (χ0n) is 16.5. The van der Waals surface area contributed by atoms with E-state index >= 15 is 0 Å². The van der Waals surface area contributed by atoms with Crippen molar-refractivity contribution in [2.75, 3.05) is 7.11 Å². The van der Waals surface area contributed by atoms with Crippen molar-refractivity contribution >= 4 is 23.8 Å². The fourth-order valence-corrected chi connectivity index (χ4v) is 3.15. The van der Waals surface area contributed by atoms with E-state index in [0.29, 0.717) is 23.4 Å². The quantitative estimate of drug-likeness (QED) is 0.639. The first-order valence-corrected chi connectivity index (χ1v) is 9.94. The molecule has 0 aliphatic heterocycles. The molecule has 1 heterocycles. The van der Waals surface area contributed by atoms with E-state index in [9.17, 15) is 9.59 Å². The number of hydrogen-bond donors (Lipinski definition) is 1. The molecule has 2 rings (SSSR count). The summed E-state index contributed by atoms with van der Waals surface area (Å²) >= 11 is 1.24. The first kappa shape index (κ1) is 21.7. The molecule has 2 aromatic rings. The maximum atomic E-state index is 12.1. The third kappa shape index (κ3) is 6.56. The van der Waals surface area contributed by atoms with Crippen LogP contribution in [-0.4, -0.2) is 39.1 Å². The van der Waals surface area contributed by atoms with Gasteiger partial charge in [-0.05, 0) is 31.4 Å². The molecule has 1 aromatic carbocycles. The molecule has 0 spiro atoms. The van der Waals surface area contributed by atoms with Gasteiger partial charge in [-0.15, -0.1) is 10.2 Å². The van der Waals surface area contributed by atoms with E-state index in [1.807, 2.05) is 34.9 Å². The minimum Gasteiger partial charge on any atom is -0.486 e. The van der Waals surface area contributed by atoms with Crippen molar-refractivity contribution in [1.29, 1.82) is 0 Å². The summed E-state index contributed by atoms with van der Waals surface area (Å²) in [6, 6.07) is 9.49. The van der Waals surface area contributed by atoms with Gasteiger partial charge in [-0.3, -0.25) is 10.1 Å². The zero-order valence-corrected chi connectivity index (χ0v) is 17.4. The number of rotatable bonds is 9. The van der Waals surface area contributed by atoms with Crippen LogP contribution in [0.15, 0.2) is 35.5 Å². The molecule has 0 aliphatic carbocycles. The first-order valence-electron chi connectivity index (χ1n) is 9.06. The van der Waals surface area contributed by atoms with Gasteiger partial charge >= 0.3 is 6.09 Å². The molecule has 0 saturated carbocycles. The van der Waals surface area contributed by atoms with Crippen LogP contribution in [-0.2, 0) is 22.7 Å². The van der Waals surface area contributed by atoms with Crippen LogP contribution < -0.4 is 10.1 Å². The number of imide groups is 1. The Morgan fingerprint density at radius 2 is 1.89 bits per heavy atom. The summed E-state index contributed by atoms with van der Waals surface area (Å²) in [6.07, 6.45) is 0.155. The van der Waals surface area contributed by atoms with E-state index < -0.39 is 17.3 Å². The topological polar surface area (TPSA) is 95.3 Å². The SMILES string of the molecule is COC(=O)NC(=O)[C@H](C)Sc1nnc(COc2ccccc2)n1CCC(C)C. The highest BCUT2D eigenvalue weighted by molar-refractivity contribution is 8.00. The fourth-order valence-electron chi connectivity index (χ4n) is 2.25. The molecular weight excluding hydrogens is 380 g/mol. The van der Waals surface area contributed by atoms with Crippen molar-refractivity contribution in [2.24, 2.45) is 5.92 Å². The number of benzene rings is 1. The Morgan fingerprint density at radius 1 is 1.18 bits per heavy atom. The predicted molar refractivity (Wildman–Crippen MR) is 106 cm³/mol. The number of carbonyl (C=O) groups is 2. The molecule has 0 saturated heterocycles. The summed E-state index contributed by atoms with van der Waals surface area (Å²) in [5, 5.41) is 10.7. The highest BCUT2D eigenvalue weighted by Crippen LogP contribution is 2.24. The summed E-state index contributed by atoms with van der Waals surface area (Å²) in [4.78, 5) is 23.3. The summed E-state index contributed by atoms with van der Waals surface area (Å²) in [5.41, 5.74) is 0. The van der Waals surface area contributed by atoms with Crippen LogP contribution in [0.3, 0.4) is 0 Å². The number of nitrogens with zero attached hydrogens (tertiary/aromatic N) is 3. The number of nitrogens with one attached hydrogen (secondary N) is 1. The largest absolute Gasteiger partial charge is 0.486 e. The zero-order chi connectivity index (χ0) is 20.5. The number of thioether (sulfide) groups is 1. The van der Waals surface area contributed by atoms with Gasteiger partial charge in [0.1, 0.15) is 12.4 Å². The van der Waals surface area contributed by atoms with Gasteiger partial charge in [0, 0.05) is 6.54 Å². The van der Waals surface area contributed by atoms with E-state index in [0.717, 1.165) is 12.2 Å². The Bertz CT molecular complexity index is 779. The number of carbonyl (C=O) groups excluding carboxylic acids is 2. The van der Waals surface area contributed by atoms with Crippen molar-refractivity contribution in [1.82, 2.24) is 20.1 Å². The molecule has 0 bridgehead atoms. The number of para-hydroxylation sites is 1. The maximum absolute atomic E-state index is 12.1. The van der Waals surface area contributed by atoms with Crippen molar-refractivity contribution in [2.45, 2.75) is 50.8 Å². The molecule has 1 aromatic heterocycles. The number of aromatic nitrogens is 3. The first-order chi connectivity index (χ1) is 13.4. The van der Waals surface area contributed by atoms with Crippen molar-refractivity contribution in [3.63, 3.8) is 0 Å². The lowest BCUT2D eigenvalue weighted by molar-refractivity contribution is -0.119. The molecule has 28 heavy (non-hydrogen) atoms. The van der Waals surface area contributed by atoms with Gasteiger partial charge in [0.2, 0.25) is 5.91 Å². The van der Waals surface area contributed by atoms with Crippen LogP contribution in [0.5, 0.6) is 5.75 Å². The lowest BCUT2D eigenvalue weighted by atomic mass is 10.1. The molecule has 0 unspecified atom stereocenters. The molecule has 2 amide bonds. The van der Waals surface area contributed by atoms with E-state index in [1.165, 1.54) is 18.9 Å². The fraction of sp³-hybridized carbons (Fsp3) is 0.474. The number of methoxy groups -OCH3 is 1. The van der Waals surface area contributed by atoms with Crippen LogP contribution in [0.4, 0.5) is 4.79 Å². The van der Waals surface area contributed by atoms with Gasteiger partial charge in [-0.25, -0.2) is 4.79 Å². The van der Waals surface area contributed by atoms with Crippen LogP contribution in [0.2, 0.25) is 0 Å². The predicted octanol–water partition coefficient (Wildman–Crippen LogP) is 3.27. The summed E-state index contributed by atoms with van der Waals surface area (Å²) in [5.74, 6) is 1.49. The second kappa shape index (κ2) is 10.7. The standard InChI is InChI=1S/C19H26N4O4S/c1-13(2)10-11-23-16(12-27-15-8-6-5-7-9-15)21-22-18(23)28-14(3)17(24)20-19(25)26-4/h5-9,13-14H,10-12H2,1-4H3,(H,20,24,25)/t14-/m0/s1. The van der Waals surface area contributed by atoms with Gasteiger partial charge < -0.3 is 14.0 Å². The Kier molecular flexibility index (Phi) is 8.31. The van der Waals surface area contributed by atoms with Gasteiger partial charge in [-0.2, -0.15) is 0 Å². The number of alkyl carbamates (subject to hydrolysis) is 1. The number of ether oxygens (including phenoxy) is 2. The summed E-state index contributed by atoms with van der Waals surface area (Å²) in [7, 11) is 1.21. The Hall–Kier alpha value is -2.55. The highest BCUT2D eigenvalue weighted by atomic mass is 32.2. The Balaban J connectivity index is 2.10. The van der Waals surface area contributed by atoms with Crippen LogP contribution in [0, 0.1) is 5.92 Å². The molecule has 1 atom stereocenters. The normalized spacial score (nSPS) is 11.9. The maximum Gasteiger partial charge on any atom is 0.413 e. The molecular formula is C19H26N4O4S. The van der Waals surface area contributed by atoms with Crippen LogP contribution in [0.1, 0.15) is 33.0 Å². The smallest absolute Gasteiger partial charge is 0.413 e. The third-order valence-electron chi connectivity index (χ3n) is 3.90. The van der Waals surface area contributed by atoms with Gasteiger partial charge in [0.15, 0.2) is 11.0 Å². The lowest BCUT2D eigenvalue weighted by Crippen LogP contribution is -2.36. The molecule has 9 heteroatoms. The van der Waals surface area contributed by atoms with Crippen molar-refractivity contribution in [3.8, 4) is 5.75 Å². The second-order valence-electron chi connectivity index (χ2n) is 6.58. The molecule has 8 nitrogen and oxygen atoms in total. The van der Waals surface area contributed by atoms with Gasteiger partial charge in [0.05, 0.1) is 12.4 Å². The van der Waals surface area contributed by atoms with Crippen LogP contribution >= 0.6 is 11.8 Å². The molecule has 0 radical (unpaired) electrons. The Labute approximate surface area is 169 Å². The number of hydrogen-bond acceptors (Lipinski definition) is 7. The van der Waals surface area contributed by atoms with Crippen LogP contribution in [0.25, 0.3) is 0 Å². The van der Waals surface area contributed by atoms with Crippen molar-refractivity contribution < 1.29 is 19.1 Å². The molecule has 1 N–H and O–H groups in total. The minimum atomic E-state index is -0.782. The minimum absolute atomic E-state index is 0.276. The van der Waals surface area contributed by atoms with E-state index in [1.54, 1.807) is 6.92 Å². The monoisotopic (exact) mass is 406 g/mol. The number of amides is 2. The van der Waals surface area contributed by atoms with E-state index in [-0.39, 0.29) is 6.61 Å².